The number of carbonyl (C=O) groups is 1. The number of rotatable bonds is 2. The quantitative estimate of drug-likeness (QED) is 0.851. The Kier molecular flexibility index (Phi) is 3.66. The van der Waals surface area contributed by atoms with Crippen LogP contribution in [0.2, 0.25) is 0 Å². The highest BCUT2D eigenvalue weighted by atomic mass is 79.9. The van der Waals surface area contributed by atoms with Crippen molar-refractivity contribution in [3.63, 3.8) is 0 Å². The van der Waals surface area contributed by atoms with E-state index in [0.717, 1.165) is 15.7 Å². The smallest absolute Gasteiger partial charge is 0.241 e. The number of hydrogen-bond donors (Lipinski definition) is 2. The minimum atomic E-state index is -0.498. The number of nitrogens with two attached hydrogens (primary N) is 1. The summed E-state index contributed by atoms with van der Waals surface area (Å²) >= 11 is 3.40. The van der Waals surface area contributed by atoms with Gasteiger partial charge in [0.1, 0.15) is 0 Å². The maximum atomic E-state index is 11.3. The van der Waals surface area contributed by atoms with Crippen molar-refractivity contribution in [1.82, 2.24) is 0 Å². The average Bonchev–Trinajstić information content (AvgIpc) is 2.12. The van der Waals surface area contributed by atoms with Crippen molar-refractivity contribution < 1.29 is 4.79 Å². The molecule has 0 aliphatic heterocycles. The lowest BCUT2D eigenvalue weighted by molar-refractivity contribution is -0.117. The largest absolute Gasteiger partial charge is 0.324 e. The van der Waals surface area contributed by atoms with Gasteiger partial charge in [-0.1, -0.05) is 12.1 Å². The van der Waals surface area contributed by atoms with Gasteiger partial charge in [-0.05, 0) is 41.4 Å². The van der Waals surface area contributed by atoms with E-state index in [9.17, 15) is 4.79 Å². The zero-order valence-corrected chi connectivity index (χ0v) is 9.76. The summed E-state index contributed by atoms with van der Waals surface area (Å²) in [6.45, 7) is 3.62. The predicted octanol–water partition coefficient (Wildman–Crippen LogP) is 2.04. The highest BCUT2D eigenvalue weighted by Crippen LogP contribution is 2.25. The molecule has 14 heavy (non-hydrogen) atoms. The molecule has 1 aromatic rings. The Morgan fingerprint density at radius 3 is 2.79 bits per heavy atom. The van der Waals surface area contributed by atoms with Gasteiger partial charge in [0.05, 0.1) is 11.7 Å². The second-order valence-corrected chi connectivity index (χ2v) is 4.01. The Hall–Kier alpha value is -0.870. The predicted molar refractivity (Wildman–Crippen MR) is 61.2 cm³/mol. The molecule has 0 saturated heterocycles. The fourth-order valence-electron chi connectivity index (χ4n) is 0.991. The summed E-state index contributed by atoms with van der Waals surface area (Å²) in [4.78, 5) is 11.3. The summed E-state index contributed by atoms with van der Waals surface area (Å²) in [5.74, 6) is -0.184. The van der Waals surface area contributed by atoms with Crippen molar-refractivity contribution in [3.8, 4) is 0 Å². The third kappa shape index (κ3) is 2.56. The van der Waals surface area contributed by atoms with Crippen LogP contribution in [0.25, 0.3) is 0 Å². The standard InChI is InChI=1S/C10H13BrN2O/c1-6-4-3-5-8(9(6)11)13-10(14)7(2)12/h3-5,7H,12H2,1-2H3,(H,13,14). The molecule has 0 aliphatic carbocycles. The van der Waals surface area contributed by atoms with Gasteiger partial charge in [-0.25, -0.2) is 0 Å². The molecule has 0 aromatic heterocycles. The number of nitrogens with one attached hydrogen (secondary N) is 1. The fourth-order valence-corrected chi connectivity index (χ4v) is 1.35. The second-order valence-electron chi connectivity index (χ2n) is 3.21. The molecule has 0 radical (unpaired) electrons. The van der Waals surface area contributed by atoms with Crippen LogP contribution < -0.4 is 11.1 Å². The number of aryl methyl sites for hydroxylation is 1. The lowest BCUT2D eigenvalue weighted by Gasteiger charge is -2.10. The lowest BCUT2D eigenvalue weighted by Crippen LogP contribution is -2.32. The van der Waals surface area contributed by atoms with Crippen LogP contribution in [0, 0.1) is 6.92 Å². The third-order valence-electron chi connectivity index (χ3n) is 1.86. The third-order valence-corrected chi connectivity index (χ3v) is 2.92. The molecule has 1 amide bonds. The van der Waals surface area contributed by atoms with Crippen LogP contribution in [-0.2, 0) is 4.79 Å². The normalized spacial score (nSPS) is 12.3. The monoisotopic (exact) mass is 256 g/mol. The summed E-state index contributed by atoms with van der Waals surface area (Å²) in [6.07, 6.45) is 0. The molecule has 1 unspecified atom stereocenters. The van der Waals surface area contributed by atoms with Crippen molar-refractivity contribution in [2.75, 3.05) is 5.32 Å². The first-order valence-electron chi connectivity index (χ1n) is 4.34. The summed E-state index contributed by atoms with van der Waals surface area (Å²) in [7, 11) is 0. The van der Waals surface area contributed by atoms with E-state index < -0.39 is 6.04 Å². The molecule has 1 atom stereocenters. The van der Waals surface area contributed by atoms with Crippen LogP contribution in [0.1, 0.15) is 12.5 Å². The van der Waals surface area contributed by atoms with Crippen LogP contribution in [0.3, 0.4) is 0 Å². The summed E-state index contributed by atoms with van der Waals surface area (Å²) in [5.41, 5.74) is 7.28. The van der Waals surface area contributed by atoms with E-state index in [1.807, 2.05) is 25.1 Å². The van der Waals surface area contributed by atoms with Gasteiger partial charge in [0.2, 0.25) is 5.91 Å². The van der Waals surface area contributed by atoms with Crippen molar-refractivity contribution >= 4 is 27.5 Å². The molecule has 3 nitrogen and oxygen atoms in total. The number of benzene rings is 1. The van der Waals surface area contributed by atoms with Gasteiger partial charge in [0.25, 0.3) is 0 Å². The second kappa shape index (κ2) is 4.57. The number of halogens is 1. The number of hydrogen-bond acceptors (Lipinski definition) is 2. The van der Waals surface area contributed by atoms with Crippen LogP contribution in [0.15, 0.2) is 22.7 Å². The molecule has 0 aliphatic rings. The van der Waals surface area contributed by atoms with Gasteiger partial charge in [-0.15, -0.1) is 0 Å². The SMILES string of the molecule is Cc1cccc(NC(=O)C(C)N)c1Br. The first-order valence-corrected chi connectivity index (χ1v) is 5.13. The first kappa shape index (κ1) is 11.2. The first-order chi connectivity index (χ1) is 6.52. The van der Waals surface area contributed by atoms with Crippen molar-refractivity contribution in [2.24, 2.45) is 5.73 Å². The van der Waals surface area contributed by atoms with E-state index in [2.05, 4.69) is 21.2 Å². The molecular weight excluding hydrogens is 244 g/mol. The van der Waals surface area contributed by atoms with E-state index in [-0.39, 0.29) is 5.91 Å². The lowest BCUT2D eigenvalue weighted by atomic mass is 10.2. The fraction of sp³-hybridized carbons (Fsp3) is 0.300. The zero-order chi connectivity index (χ0) is 10.7. The van der Waals surface area contributed by atoms with Crippen LogP contribution in [0.5, 0.6) is 0 Å². The molecule has 0 heterocycles. The number of carbonyl (C=O) groups excluding carboxylic acids is 1. The minimum absolute atomic E-state index is 0.184. The average molecular weight is 257 g/mol. The molecule has 3 N–H and O–H groups in total. The van der Waals surface area contributed by atoms with Crippen molar-refractivity contribution in [3.05, 3.63) is 28.2 Å². The van der Waals surface area contributed by atoms with E-state index in [1.54, 1.807) is 6.92 Å². The number of amides is 1. The summed E-state index contributed by atoms with van der Waals surface area (Å²) in [6, 6.07) is 5.18. The molecule has 0 fully saturated rings. The maximum absolute atomic E-state index is 11.3. The molecule has 0 spiro atoms. The summed E-state index contributed by atoms with van der Waals surface area (Å²) < 4.78 is 0.897. The molecule has 1 rings (SSSR count). The van der Waals surface area contributed by atoms with Crippen LogP contribution in [-0.4, -0.2) is 11.9 Å². The Balaban J connectivity index is 2.87. The van der Waals surface area contributed by atoms with Crippen LogP contribution >= 0.6 is 15.9 Å². The minimum Gasteiger partial charge on any atom is -0.324 e. The molecule has 4 heteroatoms. The molecular formula is C10H13BrN2O. The van der Waals surface area contributed by atoms with Gasteiger partial charge in [-0.3, -0.25) is 4.79 Å². The Bertz CT molecular complexity index is 350. The van der Waals surface area contributed by atoms with Gasteiger partial charge in [0, 0.05) is 4.47 Å². The van der Waals surface area contributed by atoms with Gasteiger partial charge in [-0.2, -0.15) is 0 Å². The van der Waals surface area contributed by atoms with E-state index in [4.69, 9.17) is 5.73 Å². The molecule has 0 bridgehead atoms. The molecule has 1 aromatic carbocycles. The van der Waals surface area contributed by atoms with Gasteiger partial charge < -0.3 is 11.1 Å². The van der Waals surface area contributed by atoms with E-state index >= 15 is 0 Å². The zero-order valence-electron chi connectivity index (χ0n) is 8.17. The Labute approximate surface area is 91.8 Å². The number of anilines is 1. The Morgan fingerprint density at radius 1 is 1.57 bits per heavy atom. The van der Waals surface area contributed by atoms with E-state index in [1.165, 1.54) is 0 Å². The van der Waals surface area contributed by atoms with Gasteiger partial charge in [0.15, 0.2) is 0 Å². The molecule has 0 saturated carbocycles. The summed E-state index contributed by atoms with van der Waals surface area (Å²) in [5, 5.41) is 2.74. The Morgan fingerprint density at radius 2 is 2.21 bits per heavy atom. The van der Waals surface area contributed by atoms with Gasteiger partial charge >= 0.3 is 0 Å². The highest BCUT2D eigenvalue weighted by molar-refractivity contribution is 9.10. The van der Waals surface area contributed by atoms with Crippen molar-refractivity contribution in [1.29, 1.82) is 0 Å². The maximum Gasteiger partial charge on any atom is 0.241 e. The van der Waals surface area contributed by atoms with E-state index in [0.29, 0.717) is 0 Å². The topological polar surface area (TPSA) is 55.1 Å². The highest BCUT2D eigenvalue weighted by Gasteiger charge is 2.09. The van der Waals surface area contributed by atoms with Crippen LogP contribution in [0.4, 0.5) is 5.69 Å². The molecule has 76 valence electrons. The van der Waals surface area contributed by atoms with Crippen molar-refractivity contribution in [2.45, 2.75) is 19.9 Å².